The summed E-state index contributed by atoms with van der Waals surface area (Å²) in [5.41, 5.74) is 10.1. The molecular weight excluding hydrogens is 260 g/mol. The van der Waals surface area contributed by atoms with E-state index in [1.54, 1.807) is 0 Å². The van der Waals surface area contributed by atoms with Gasteiger partial charge in [0, 0.05) is 34.6 Å². The van der Waals surface area contributed by atoms with Crippen LogP contribution in [0.5, 0.6) is 0 Å². The van der Waals surface area contributed by atoms with Gasteiger partial charge in [-0.2, -0.15) is 0 Å². The van der Waals surface area contributed by atoms with Crippen LogP contribution < -0.4 is 5.73 Å². The third-order valence-electron chi connectivity index (χ3n) is 3.78. The predicted octanol–water partition coefficient (Wildman–Crippen LogP) is 3.86. The molecule has 0 bridgehead atoms. The summed E-state index contributed by atoms with van der Waals surface area (Å²) < 4.78 is 0. The second-order valence-electron chi connectivity index (χ2n) is 5.02. The van der Waals surface area contributed by atoms with E-state index < -0.39 is 0 Å². The zero-order chi connectivity index (χ0) is 14.8. The molecule has 0 amide bonds. The lowest BCUT2D eigenvalue weighted by Gasteiger charge is -2.11. The van der Waals surface area contributed by atoms with Gasteiger partial charge in [-0.05, 0) is 35.1 Å². The first kappa shape index (κ1) is 13.3. The molecule has 0 fully saturated rings. The van der Waals surface area contributed by atoms with E-state index in [9.17, 15) is 4.79 Å². The summed E-state index contributed by atoms with van der Waals surface area (Å²) in [5.74, 6) is 0. The van der Waals surface area contributed by atoms with Gasteiger partial charge in [-0.25, -0.2) is 0 Å². The van der Waals surface area contributed by atoms with Gasteiger partial charge >= 0.3 is 0 Å². The van der Waals surface area contributed by atoms with Gasteiger partial charge in [0.1, 0.15) is 0 Å². The number of carbonyl (C=O) groups excluding carboxylic acids is 1. The van der Waals surface area contributed by atoms with Crippen LogP contribution >= 0.6 is 0 Å². The van der Waals surface area contributed by atoms with Gasteiger partial charge in [-0.15, -0.1) is 0 Å². The van der Waals surface area contributed by atoms with Gasteiger partial charge < -0.3 is 5.73 Å². The predicted molar refractivity (Wildman–Crippen MR) is 86.4 cm³/mol. The molecule has 3 nitrogen and oxygen atoms in total. The Bertz CT molecular complexity index is 819. The molecule has 0 atom stereocenters. The van der Waals surface area contributed by atoms with Crippen LogP contribution in [0.25, 0.3) is 21.9 Å². The Morgan fingerprint density at radius 2 is 2.00 bits per heavy atom. The summed E-state index contributed by atoms with van der Waals surface area (Å²) in [6.45, 7) is 2.03. The number of aldehydes is 1. The number of carbonyl (C=O) groups is 1. The molecule has 0 aliphatic heterocycles. The third-order valence-corrected chi connectivity index (χ3v) is 3.78. The fourth-order valence-electron chi connectivity index (χ4n) is 2.63. The first-order chi connectivity index (χ1) is 10.2. The molecule has 0 aliphatic carbocycles. The second-order valence-corrected chi connectivity index (χ2v) is 5.02. The normalized spacial score (nSPS) is 10.7. The molecule has 1 aromatic heterocycles. The van der Waals surface area contributed by atoms with Crippen molar-refractivity contribution in [2.24, 2.45) is 0 Å². The maximum atomic E-state index is 11.2. The maximum absolute atomic E-state index is 11.2. The van der Waals surface area contributed by atoms with Crippen molar-refractivity contribution in [2.45, 2.75) is 13.3 Å². The number of hydrogen-bond acceptors (Lipinski definition) is 3. The molecule has 3 heteroatoms. The summed E-state index contributed by atoms with van der Waals surface area (Å²) in [4.78, 5) is 15.6. The number of nitrogens with zero attached hydrogens (tertiary/aromatic N) is 1. The van der Waals surface area contributed by atoms with Gasteiger partial charge in [-0.3, -0.25) is 9.78 Å². The molecule has 0 unspecified atom stereocenters. The fraction of sp³-hybridized carbons (Fsp3) is 0.111. The molecular formula is C18H16N2O. The highest BCUT2D eigenvalue weighted by Crippen LogP contribution is 2.31. The fourth-order valence-corrected chi connectivity index (χ4v) is 2.63. The van der Waals surface area contributed by atoms with Crippen molar-refractivity contribution in [3.05, 3.63) is 59.9 Å². The van der Waals surface area contributed by atoms with Crippen LogP contribution in [0, 0.1) is 0 Å². The number of nitrogens with two attached hydrogens (primary N) is 1. The maximum Gasteiger partial charge on any atom is 0.152 e. The summed E-state index contributed by atoms with van der Waals surface area (Å²) in [6, 6.07) is 12.0. The van der Waals surface area contributed by atoms with E-state index in [0.29, 0.717) is 11.3 Å². The summed E-state index contributed by atoms with van der Waals surface area (Å²) in [5, 5.41) is 2.20. The van der Waals surface area contributed by atoms with E-state index in [1.807, 2.05) is 49.6 Å². The SMILES string of the molecule is CCc1cc(-c2cncc3ccccc23)cc(C=O)c1N. The highest BCUT2D eigenvalue weighted by atomic mass is 16.1. The molecule has 21 heavy (non-hydrogen) atoms. The minimum atomic E-state index is 0.539. The van der Waals surface area contributed by atoms with E-state index in [0.717, 1.165) is 40.2 Å². The van der Waals surface area contributed by atoms with Crippen LogP contribution in [-0.4, -0.2) is 11.3 Å². The van der Waals surface area contributed by atoms with Crippen molar-refractivity contribution in [1.82, 2.24) is 4.98 Å². The molecule has 2 N–H and O–H groups in total. The number of pyridine rings is 1. The summed E-state index contributed by atoms with van der Waals surface area (Å²) in [7, 11) is 0. The highest BCUT2D eigenvalue weighted by Gasteiger charge is 2.10. The Labute approximate surface area is 123 Å². The Kier molecular flexibility index (Phi) is 3.40. The molecule has 0 aliphatic rings. The van der Waals surface area contributed by atoms with Crippen molar-refractivity contribution >= 4 is 22.7 Å². The van der Waals surface area contributed by atoms with Crippen molar-refractivity contribution < 1.29 is 4.79 Å². The van der Waals surface area contributed by atoms with Crippen LogP contribution in [-0.2, 0) is 6.42 Å². The highest BCUT2D eigenvalue weighted by molar-refractivity contribution is 5.97. The molecule has 0 spiro atoms. The molecule has 1 heterocycles. The number of anilines is 1. The number of aryl methyl sites for hydroxylation is 1. The lowest BCUT2D eigenvalue weighted by atomic mass is 9.95. The Hall–Kier alpha value is -2.68. The molecule has 3 rings (SSSR count). The van der Waals surface area contributed by atoms with E-state index in [2.05, 4.69) is 11.1 Å². The van der Waals surface area contributed by atoms with Crippen LogP contribution in [0.15, 0.2) is 48.8 Å². The van der Waals surface area contributed by atoms with Crippen molar-refractivity contribution in [3.8, 4) is 11.1 Å². The molecule has 0 saturated carbocycles. The lowest BCUT2D eigenvalue weighted by molar-refractivity contribution is 0.112. The van der Waals surface area contributed by atoms with E-state index in [-0.39, 0.29) is 0 Å². The number of benzene rings is 2. The quantitative estimate of drug-likeness (QED) is 0.583. The Morgan fingerprint density at radius 1 is 1.19 bits per heavy atom. The monoisotopic (exact) mass is 276 g/mol. The number of nitrogen functional groups attached to an aromatic ring is 1. The minimum Gasteiger partial charge on any atom is -0.398 e. The van der Waals surface area contributed by atoms with E-state index in [4.69, 9.17) is 5.73 Å². The summed E-state index contributed by atoms with van der Waals surface area (Å²) in [6.07, 6.45) is 5.29. The minimum absolute atomic E-state index is 0.539. The largest absolute Gasteiger partial charge is 0.398 e. The molecule has 0 radical (unpaired) electrons. The first-order valence-corrected chi connectivity index (χ1v) is 6.95. The standard InChI is InChI=1S/C18H16N2O/c1-2-12-7-14(8-15(11-21)18(12)19)17-10-20-9-13-5-3-4-6-16(13)17/h3-11H,2,19H2,1H3. The number of rotatable bonds is 3. The Morgan fingerprint density at radius 3 is 2.76 bits per heavy atom. The van der Waals surface area contributed by atoms with Crippen LogP contribution in [0.4, 0.5) is 5.69 Å². The van der Waals surface area contributed by atoms with Crippen LogP contribution in [0.2, 0.25) is 0 Å². The number of aromatic nitrogens is 1. The average molecular weight is 276 g/mol. The second kappa shape index (κ2) is 5.37. The van der Waals surface area contributed by atoms with E-state index in [1.165, 1.54) is 0 Å². The molecule has 104 valence electrons. The zero-order valence-electron chi connectivity index (χ0n) is 11.8. The van der Waals surface area contributed by atoms with Gasteiger partial charge in [-0.1, -0.05) is 31.2 Å². The molecule has 2 aromatic carbocycles. The first-order valence-electron chi connectivity index (χ1n) is 6.95. The number of hydrogen-bond donors (Lipinski definition) is 1. The van der Waals surface area contributed by atoms with E-state index >= 15 is 0 Å². The van der Waals surface area contributed by atoms with Gasteiger partial charge in [0.25, 0.3) is 0 Å². The zero-order valence-corrected chi connectivity index (χ0v) is 11.8. The van der Waals surface area contributed by atoms with Crippen LogP contribution in [0.3, 0.4) is 0 Å². The van der Waals surface area contributed by atoms with Gasteiger partial charge in [0.15, 0.2) is 6.29 Å². The average Bonchev–Trinajstić information content (AvgIpc) is 2.54. The molecule has 3 aromatic rings. The smallest absolute Gasteiger partial charge is 0.152 e. The third kappa shape index (κ3) is 2.27. The van der Waals surface area contributed by atoms with Crippen molar-refractivity contribution in [3.63, 3.8) is 0 Å². The van der Waals surface area contributed by atoms with Crippen molar-refractivity contribution in [1.29, 1.82) is 0 Å². The Balaban J connectivity index is 2.30. The number of fused-ring (bicyclic) bond motifs is 1. The topological polar surface area (TPSA) is 56.0 Å². The van der Waals surface area contributed by atoms with Gasteiger partial charge in [0.2, 0.25) is 0 Å². The lowest BCUT2D eigenvalue weighted by Crippen LogP contribution is -2.00. The summed E-state index contributed by atoms with van der Waals surface area (Å²) >= 11 is 0. The van der Waals surface area contributed by atoms with Gasteiger partial charge in [0.05, 0.1) is 0 Å². The molecule has 0 saturated heterocycles. The van der Waals surface area contributed by atoms with Crippen molar-refractivity contribution in [2.75, 3.05) is 5.73 Å². The van der Waals surface area contributed by atoms with Crippen LogP contribution in [0.1, 0.15) is 22.8 Å².